The summed E-state index contributed by atoms with van der Waals surface area (Å²) in [5, 5.41) is 9.16. The second-order valence-electron chi connectivity index (χ2n) is 3.98. The molecule has 1 heterocycles. The molecule has 1 aliphatic rings. The molecule has 1 rings (SSSR count). The Balaban J connectivity index is 2.90. The Hall–Kier alpha value is -1.67. The molecule has 0 radical (unpaired) electrons. The lowest BCUT2D eigenvalue weighted by molar-refractivity contribution is -0.196. The number of carbonyl (C=O) groups is 3. The van der Waals surface area contributed by atoms with Gasteiger partial charge in [0, 0.05) is 20.8 Å². The molecule has 0 amide bonds. The van der Waals surface area contributed by atoms with E-state index in [2.05, 4.69) is 0 Å². The van der Waals surface area contributed by atoms with Crippen molar-refractivity contribution in [1.29, 1.82) is 0 Å². The SMILES string of the molecule is CC(=O)O[C@H]1O[C@H](CO)[C@@H](OC(C)=O)[C@H]1OC(C)=O. The van der Waals surface area contributed by atoms with E-state index in [4.69, 9.17) is 24.1 Å². The van der Waals surface area contributed by atoms with E-state index in [-0.39, 0.29) is 0 Å². The van der Waals surface area contributed by atoms with Crippen molar-refractivity contribution in [2.45, 2.75) is 45.4 Å². The highest BCUT2D eigenvalue weighted by atomic mass is 16.7. The molecule has 1 N–H and O–H groups in total. The van der Waals surface area contributed by atoms with Gasteiger partial charge in [0.05, 0.1) is 6.61 Å². The first-order valence-electron chi connectivity index (χ1n) is 5.63. The van der Waals surface area contributed by atoms with Crippen LogP contribution < -0.4 is 0 Å². The van der Waals surface area contributed by atoms with Crippen LogP contribution in [0.25, 0.3) is 0 Å². The Morgan fingerprint density at radius 3 is 1.84 bits per heavy atom. The van der Waals surface area contributed by atoms with Crippen LogP contribution in [-0.4, -0.2) is 54.2 Å². The van der Waals surface area contributed by atoms with Gasteiger partial charge in [-0.3, -0.25) is 14.4 Å². The highest BCUT2D eigenvalue weighted by molar-refractivity contribution is 5.68. The first-order valence-corrected chi connectivity index (χ1v) is 5.63. The molecular formula is C11H16O8. The molecule has 1 aliphatic heterocycles. The van der Waals surface area contributed by atoms with Crippen LogP contribution in [0, 0.1) is 0 Å². The Kier molecular flexibility index (Phi) is 5.25. The fraction of sp³-hybridized carbons (Fsp3) is 0.727. The first-order chi connectivity index (χ1) is 8.85. The van der Waals surface area contributed by atoms with Crippen LogP contribution in [0.5, 0.6) is 0 Å². The zero-order chi connectivity index (χ0) is 14.6. The van der Waals surface area contributed by atoms with Gasteiger partial charge in [-0.1, -0.05) is 0 Å². The Bertz CT molecular complexity index is 366. The largest absolute Gasteiger partial charge is 0.455 e. The third-order valence-electron chi connectivity index (χ3n) is 2.33. The van der Waals surface area contributed by atoms with Gasteiger partial charge in [0.15, 0.2) is 6.10 Å². The van der Waals surface area contributed by atoms with Gasteiger partial charge in [-0.25, -0.2) is 0 Å². The summed E-state index contributed by atoms with van der Waals surface area (Å²) in [4.78, 5) is 33.0. The molecule has 0 aromatic carbocycles. The Morgan fingerprint density at radius 2 is 1.42 bits per heavy atom. The zero-order valence-electron chi connectivity index (χ0n) is 10.8. The molecule has 0 bridgehead atoms. The number of carbonyl (C=O) groups excluding carboxylic acids is 3. The molecule has 0 aromatic rings. The summed E-state index contributed by atoms with van der Waals surface area (Å²) < 4.78 is 19.9. The summed E-state index contributed by atoms with van der Waals surface area (Å²) in [5.41, 5.74) is 0. The van der Waals surface area contributed by atoms with E-state index in [1.807, 2.05) is 0 Å². The third kappa shape index (κ3) is 4.18. The second kappa shape index (κ2) is 6.48. The van der Waals surface area contributed by atoms with Crippen molar-refractivity contribution < 1.29 is 38.4 Å². The molecule has 0 spiro atoms. The first kappa shape index (κ1) is 15.4. The fourth-order valence-electron chi connectivity index (χ4n) is 1.75. The van der Waals surface area contributed by atoms with Crippen LogP contribution in [0.1, 0.15) is 20.8 Å². The minimum absolute atomic E-state index is 0.479. The lowest BCUT2D eigenvalue weighted by atomic mass is 10.1. The Labute approximate surface area is 109 Å². The van der Waals surface area contributed by atoms with Gasteiger partial charge >= 0.3 is 17.9 Å². The second-order valence-corrected chi connectivity index (χ2v) is 3.98. The van der Waals surface area contributed by atoms with E-state index < -0.39 is 49.1 Å². The van der Waals surface area contributed by atoms with E-state index in [0.29, 0.717) is 0 Å². The van der Waals surface area contributed by atoms with E-state index in [0.717, 1.165) is 13.8 Å². The molecular weight excluding hydrogens is 260 g/mol. The monoisotopic (exact) mass is 276 g/mol. The normalized spacial score (nSPS) is 29.7. The van der Waals surface area contributed by atoms with Crippen molar-refractivity contribution in [1.82, 2.24) is 0 Å². The molecule has 8 nitrogen and oxygen atoms in total. The summed E-state index contributed by atoms with van der Waals surface area (Å²) in [6.07, 6.45) is -4.29. The number of hydrogen-bond acceptors (Lipinski definition) is 8. The van der Waals surface area contributed by atoms with Gasteiger partial charge in [0.25, 0.3) is 0 Å². The zero-order valence-corrected chi connectivity index (χ0v) is 10.8. The number of aliphatic hydroxyl groups is 1. The van der Waals surface area contributed by atoms with Crippen LogP contribution in [-0.2, 0) is 33.3 Å². The van der Waals surface area contributed by atoms with Crippen LogP contribution >= 0.6 is 0 Å². The highest BCUT2D eigenvalue weighted by Crippen LogP contribution is 2.27. The molecule has 4 atom stereocenters. The Morgan fingerprint density at radius 1 is 0.947 bits per heavy atom. The fourth-order valence-corrected chi connectivity index (χ4v) is 1.75. The lowest BCUT2D eigenvalue weighted by Gasteiger charge is -2.22. The minimum Gasteiger partial charge on any atom is -0.455 e. The third-order valence-corrected chi connectivity index (χ3v) is 2.33. The van der Waals surface area contributed by atoms with Crippen LogP contribution in [0.4, 0.5) is 0 Å². The summed E-state index contributed by atoms with van der Waals surface area (Å²) in [6, 6.07) is 0. The number of ether oxygens (including phenoxy) is 4. The van der Waals surface area contributed by atoms with Crippen LogP contribution in [0.15, 0.2) is 0 Å². The van der Waals surface area contributed by atoms with E-state index >= 15 is 0 Å². The van der Waals surface area contributed by atoms with Crippen molar-refractivity contribution in [3.05, 3.63) is 0 Å². The summed E-state index contributed by atoms with van der Waals surface area (Å²) in [6.45, 7) is 3.00. The number of rotatable bonds is 4. The molecule has 0 aromatic heterocycles. The van der Waals surface area contributed by atoms with Gasteiger partial charge < -0.3 is 24.1 Å². The summed E-state index contributed by atoms with van der Waals surface area (Å²) >= 11 is 0. The predicted molar refractivity (Wildman–Crippen MR) is 58.6 cm³/mol. The molecule has 19 heavy (non-hydrogen) atoms. The van der Waals surface area contributed by atoms with Crippen molar-refractivity contribution in [2.75, 3.05) is 6.61 Å². The van der Waals surface area contributed by atoms with Crippen molar-refractivity contribution in [3.8, 4) is 0 Å². The number of esters is 3. The average molecular weight is 276 g/mol. The molecule has 108 valence electrons. The topological polar surface area (TPSA) is 108 Å². The predicted octanol–water partition coefficient (Wildman–Crippen LogP) is -0.870. The van der Waals surface area contributed by atoms with Gasteiger partial charge in [-0.2, -0.15) is 0 Å². The maximum Gasteiger partial charge on any atom is 0.305 e. The smallest absolute Gasteiger partial charge is 0.305 e. The molecule has 1 fully saturated rings. The highest BCUT2D eigenvalue weighted by Gasteiger charge is 2.50. The minimum atomic E-state index is -1.22. The molecule has 8 heteroatoms. The van der Waals surface area contributed by atoms with Crippen LogP contribution in [0.3, 0.4) is 0 Å². The van der Waals surface area contributed by atoms with Gasteiger partial charge in [-0.15, -0.1) is 0 Å². The quantitative estimate of drug-likeness (QED) is 0.521. The standard InChI is InChI=1S/C11H16O8/c1-5(13)16-9-8(4-12)19-11(18-7(3)15)10(9)17-6(2)14/h8-12H,4H2,1-3H3/t8-,9-,10-,11+/m1/s1. The average Bonchev–Trinajstić information content (AvgIpc) is 2.55. The molecule has 0 unspecified atom stereocenters. The molecule has 0 saturated carbocycles. The number of aliphatic hydroxyl groups excluding tert-OH is 1. The summed E-state index contributed by atoms with van der Waals surface area (Å²) in [5.74, 6) is -1.93. The molecule has 1 saturated heterocycles. The van der Waals surface area contributed by atoms with Crippen molar-refractivity contribution >= 4 is 17.9 Å². The number of hydrogen-bond donors (Lipinski definition) is 1. The van der Waals surface area contributed by atoms with Crippen molar-refractivity contribution in [2.24, 2.45) is 0 Å². The maximum absolute atomic E-state index is 11.0. The van der Waals surface area contributed by atoms with E-state index in [9.17, 15) is 14.4 Å². The van der Waals surface area contributed by atoms with Gasteiger partial charge in [0.1, 0.15) is 6.10 Å². The maximum atomic E-state index is 11.0. The van der Waals surface area contributed by atoms with Crippen LogP contribution in [0.2, 0.25) is 0 Å². The lowest BCUT2D eigenvalue weighted by Crippen LogP contribution is -2.41. The summed E-state index contributed by atoms with van der Waals surface area (Å²) in [7, 11) is 0. The van der Waals surface area contributed by atoms with Crippen molar-refractivity contribution in [3.63, 3.8) is 0 Å². The van der Waals surface area contributed by atoms with Gasteiger partial charge in [-0.05, 0) is 0 Å². The van der Waals surface area contributed by atoms with E-state index in [1.54, 1.807) is 0 Å². The van der Waals surface area contributed by atoms with Gasteiger partial charge in [0.2, 0.25) is 12.4 Å². The van der Waals surface area contributed by atoms with E-state index in [1.165, 1.54) is 6.92 Å². The molecule has 0 aliphatic carbocycles.